The van der Waals surface area contributed by atoms with Gasteiger partial charge in [0.05, 0.1) is 5.92 Å². The van der Waals surface area contributed by atoms with E-state index < -0.39 is 0 Å². The minimum atomic E-state index is -0.220. The molecular weight excluding hydrogens is 322 g/mol. The fraction of sp³-hybridized carbons (Fsp3) is 0.435. The van der Waals surface area contributed by atoms with E-state index in [1.807, 2.05) is 48.5 Å². The van der Waals surface area contributed by atoms with E-state index in [4.69, 9.17) is 4.74 Å². The number of fused-ring (bicyclic) bond motifs is 2. The topological polar surface area (TPSA) is 29.5 Å². The molecule has 2 aromatic rings. The van der Waals surface area contributed by atoms with Gasteiger partial charge in [0.1, 0.15) is 17.3 Å². The van der Waals surface area contributed by atoms with Gasteiger partial charge in [0, 0.05) is 29.6 Å². The van der Waals surface area contributed by atoms with Crippen LogP contribution in [-0.4, -0.2) is 29.3 Å². The monoisotopic (exact) mass is 351 g/mol. The molecule has 0 unspecified atom stereocenters. The average Bonchev–Trinajstić information content (AvgIpc) is 2.62. The standard InChI is InChI=1S/C23H29NO2/c1-16(2)24(17(3)4)15-9-12-20(25)23-18-10-5-7-13-21(18)26-22-14-8-6-11-19(22)23/h5-8,10-11,13-14,16-17,23H,9,12,15H2,1-4H3. The highest BCUT2D eigenvalue weighted by atomic mass is 16.5. The molecule has 0 atom stereocenters. The minimum Gasteiger partial charge on any atom is -0.457 e. The van der Waals surface area contributed by atoms with Crippen LogP contribution in [0.1, 0.15) is 57.6 Å². The normalized spacial score (nSPS) is 13.7. The third kappa shape index (κ3) is 3.83. The highest BCUT2D eigenvalue weighted by Crippen LogP contribution is 2.44. The van der Waals surface area contributed by atoms with E-state index in [0.29, 0.717) is 18.5 Å². The number of carbonyl (C=O) groups excluding carboxylic acids is 1. The van der Waals surface area contributed by atoms with Crippen LogP contribution >= 0.6 is 0 Å². The highest BCUT2D eigenvalue weighted by Gasteiger charge is 2.31. The zero-order valence-electron chi connectivity index (χ0n) is 16.2. The summed E-state index contributed by atoms with van der Waals surface area (Å²) in [6.07, 6.45) is 1.47. The molecule has 0 radical (unpaired) electrons. The number of Topliss-reactive ketones (excluding diaryl/α,β-unsaturated/α-hetero) is 1. The summed E-state index contributed by atoms with van der Waals surface area (Å²) in [6.45, 7) is 9.81. The molecule has 3 nitrogen and oxygen atoms in total. The summed E-state index contributed by atoms with van der Waals surface area (Å²) in [6, 6.07) is 16.8. The van der Waals surface area contributed by atoms with Crippen LogP contribution in [-0.2, 0) is 4.79 Å². The number of benzene rings is 2. The quantitative estimate of drug-likeness (QED) is 0.669. The summed E-state index contributed by atoms with van der Waals surface area (Å²) in [5.74, 6) is 1.66. The summed E-state index contributed by atoms with van der Waals surface area (Å²) < 4.78 is 6.00. The first-order valence-corrected chi connectivity index (χ1v) is 9.63. The van der Waals surface area contributed by atoms with E-state index >= 15 is 0 Å². The van der Waals surface area contributed by atoms with Crippen molar-refractivity contribution in [2.75, 3.05) is 6.54 Å². The number of nitrogens with zero attached hydrogens (tertiary/aromatic N) is 1. The predicted octanol–water partition coefficient (Wildman–Crippen LogP) is 5.39. The van der Waals surface area contributed by atoms with Gasteiger partial charge in [0.2, 0.25) is 0 Å². The second-order valence-corrected chi connectivity index (χ2v) is 7.61. The van der Waals surface area contributed by atoms with Crippen LogP contribution in [0.15, 0.2) is 48.5 Å². The molecule has 1 aliphatic rings. The van der Waals surface area contributed by atoms with Gasteiger partial charge in [-0.15, -0.1) is 0 Å². The Labute approximate surface area is 157 Å². The van der Waals surface area contributed by atoms with E-state index in [-0.39, 0.29) is 11.7 Å². The lowest BCUT2D eigenvalue weighted by Gasteiger charge is -2.31. The molecular formula is C23H29NO2. The lowest BCUT2D eigenvalue weighted by molar-refractivity contribution is -0.120. The molecule has 3 heteroatoms. The van der Waals surface area contributed by atoms with Gasteiger partial charge in [-0.2, -0.15) is 0 Å². The third-order valence-electron chi connectivity index (χ3n) is 5.17. The van der Waals surface area contributed by atoms with Crippen molar-refractivity contribution in [1.82, 2.24) is 4.90 Å². The maximum Gasteiger partial charge on any atom is 0.145 e. The van der Waals surface area contributed by atoms with Gasteiger partial charge in [0.15, 0.2) is 0 Å². The first-order valence-electron chi connectivity index (χ1n) is 9.63. The maximum absolute atomic E-state index is 13.2. The van der Waals surface area contributed by atoms with Crippen LogP contribution in [0, 0.1) is 0 Å². The molecule has 0 fully saturated rings. The Morgan fingerprint density at radius 2 is 1.42 bits per heavy atom. The first kappa shape index (κ1) is 18.7. The molecule has 0 aliphatic carbocycles. The van der Waals surface area contributed by atoms with E-state index in [1.165, 1.54) is 0 Å². The van der Waals surface area contributed by atoms with Crippen molar-refractivity contribution in [2.45, 2.75) is 58.5 Å². The number of ether oxygens (including phenoxy) is 1. The predicted molar refractivity (Wildman–Crippen MR) is 106 cm³/mol. The molecule has 0 saturated heterocycles. The number of hydrogen-bond donors (Lipinski definition) is 0. The minimum absolute atomic E-state index is 0.220. The molecule has 0 aromatic heterocycles. The summed E-state index contributed by atoms with van der Waals surface area (Å²) >= 11 is 0. The second-order valence-electron chi connectivity index (χ2n) is 7.61. The second kappa shape index (κ2) is 8.05. The van der Waals surface area contributed by atoms with Crippen molar-refractivity contribution < 1.29 is 9.53 Å². The van der Waals surface area contributed by atoms with Crippen molar-refractivity contribution in [2.24, 2.45) is 0 Å². The number of para-hydroxylation sites is 2. The fourth-order valence-electron chi connectivity index (χ4n) is 3.95. The van der Waals surface area contributed by atoms with Crippen LogP contribution in [0.25, 0.3) is 0 Å². The van der Waals surface area contributed by atoms with E-state index in [2.05, 4.69) is 32.6 Å². The molecule has 0 bridgehead atoms. The van der Waals surface area contributed by atoms with Crippen molar-refractivity contribution in [3.63, 3.8) is 0 Å². The highest BCUT2D eigenvalue weighted by molar-refractivity contribution is 5.91. The van der Waals surface area contributed by atoms with Gasteiger partial charge < -0.3 is 4.74 Å². The van der Waals surface area contributed by atoms with Crippen LogP contribution in [0.5, 0.6) is 11.5 Å². The lowest BCUT2D eigenvalue weighted by atomic mass is 9.83. The Balaban J connectivity index is 1.77. The van der Waals surface area contributed by atoms with Crippen LogP contribution in [0.2, 0.25) is 0 Å². The van der Waals surface area contributed by atoms with Gasteiger partial charge >= 0.3 is 0 Å². The number of carbonyl (C=O) groups is 1. The number of rotatable bonds is 7. The first-order chi connectivity index (χ1) is 12.5. The largest absolute Gasteiger partial charge is 0.457 e. The van der Waals surface area contributed by atoms with Gasteiger partial charge in [-0.3, -0.25) is 9.69 Å². The third-order valence-corrected chi connectivity index (χ3v) is 5.17. The Kier molecular flexibility index (Phi) is 5.77. The Morgan fingerprint density at radius 3 is 1.92 bits per heavy atom. The van der Waals surface area contributed by atoms with Crippen LogP contribution < -0.4 is 4.74 Å². The lowest BCUT2D eigenvalue weighted by Crippen LogP contribution is -2.38. The van der Waals surface area contributed by atoms with Crippen molar-refractivity contribution >= 4 is 5.78 Å². The summed E-state index contributed by atoms with van der Waals surface area (Å²) in [5.41, 5.74) is 1.97. The van der Waals surface area contributed by atoms with Crippen molar-refractivity contribution in [3.05, 3.63) is 59.7 Å². The summed E-state index contributed by atoms with van der Waals surface area (Å²) in [5, 5.41) is 0. The zero-order valence-corrected chi connectivity index (χ0v) is 16.2. The Hall–Kier alpha value is -2.13. The molecule has 26 heavy (non-hydrogen) atoms. The van der Waals surface area contributed by atoms with Crippen molar-refractivity contribution in [3.8, 4) is 11.5 Å². The molecule has 0 amide bonds. The molecule has 1 aliphatic heterocycles. The van der Waals surface area contributed by atoms with Gasteiger partial charge in [0.25, 0.3) is 0 Å². The average molecular weight is 351 g/mol. The Morgan fingerprint density at radius 1 is 0.923 bits per heavy atom. The van der Waals surface area contributed by atoms with Gasteiger partial charge in [-0.05, 0) is 52.8 Å². The molecule has 2 aromatic carbocycles. The smallest absolute Gasteiger partial charge is 0.145 e. The number of hydrogen-bond acceptors (Lipinski definition) is 3. The fourth-order valence-corrected chi connectivity index (χ4v) is 3.95. The molecule has 0 spiro atoms. The van der Waals surface area contributed by atoms with E-state index in [9.17, 15) is 4.79 Å². The zero-order chi connectivity index (χ0) is 18.7. The molecule has 0 saturated carbocycles. The van der Waals surface area contributed by atoms with E-state index in [0.717, 1.165) is 35.6 Å². The molecule has 0 N–H and O–H groups in total. The van der Waals surface area contributed by atoms with Crippen LogP contribution in [0.3, 0.4) is 0 Å². The SMILES string of the molecule is CC(C)N(CCCC(=O)C1c2ccccc2Oc2ccccc21)C(C)C. The van der Waals surface area contributed by atoms with Crippen LogP contribution in [0.4, 0.5) is 0 Å². The maximum atomic E-state index is 13.2. The van der Waals surface area contributed by atoms with Crippen molar-refractivity contribution in [1.29, 1.82) is 0 Å². The van der Waals surface area contributed by atoms with Gasteiger partial charge in [-0.1, -0.05) is 36.4 Å². The van der Waals surface area contributed by atoms with E-state index in [1.54, 1.807) is 0 Å². The molecule has 138 valence electrons. The Bertz CT molecular complexity index is 713. The summed E-state index contributed by atoms with van der Waals surface area (Å²) in [4.78, 5) is 15.6. The molecule has 1 heterocycles. The summed E-state index contributed by atoms with van der Waals surface area (Å²) in [7, 11) is 0. The van der Waals surface area contributed by atoms with Gasteiger partial charge in [-0.25, -0.2) is 0 Å². The number of ketones is 1. The molecule has 3 rings (SSSR count).